The molecule has 2 atom stereocenters. The topological polar surface area (TPSA) is 89.0 Å². The van der Waals surface area contributed by atoms with Crippen LogP contribution in [0.15, 0.2) is 40.3 Å². The first-order valence-corrected chi connectivity index (χ1v) is 9.26. The molecule has 2 aromatic rings. The van der Waals surface area contributed by atoms with Crippen molar-refractivity contribution in [3.05, 3.63) is 46.4 Å². The molecule has 1 aromatic carbocycles. The third-order valence-corrected chi connectivity index (χ3v) is 5.18. The van der Waals surface area contributed by atoms with Gasteiger partial charge in [-0.25, -0.2) is 9.89 Å². The maximum absolute atomic E-state index is 12.3. The van der Waals surface area contributed by atoms with E-state index < -0.39 is 0 Å². The number of nitrogens with one attached hydrogen (secondary N) is 2. The number of thioether (sulfide) groups is 1. The van der Waals surface area contributed by atoms with Gasteiger partial charge in [0.15, 0.2) is 5.16 Å². The van der Waals surface area contributed by atoms with Crippen LogP contribution in [0.1, 0.15) is 25.3 Å². The van der Waals surface area contributed by atoms with Crippen molar-refractivity contribution >= 4 is 17.7 Å². The molecule has 1 saturated heterocycles. The van der Waals surface area contributed by atoms with Crippen molar-refractivity contribution in [3.63, 3.8) is 0 Å². The van der Waals surface area contributed by atoms with Gasteiger partial charge in [-0.3, -0.25) is 9.36 Å². The fourth-order valence-corrected chi connectivity index (χ4v) is 3.55. The largest absolute Gasteiger partial charge is 0.376 e. The van der Waals surface area contributed by atoms with Gasteiger partial charge in [-0.2, -0.15) is 0 Å². The average molecular weight is 362 g/mol. The van der Waals surface area contributed by atoms with E-state index in [9.17, 15) is 9.59 Å². The Labute approximate surface area is 150 Å². The van der Waals surface area contributed by atoms with Gasteiger partial charge in [0, 0.05) is 13.2 Å². The van der Waals surface area contributed by atoms with Gasteiger partial charge >= 0.3 is 5.69 Å². The van der Waals surface area contributed by atoms with E-state index in [1.807, 2.05) is 37.3 Å². The molecule has 0 spiro atoms. The Balaban J connectivity index is 1.60. The Hall–Kier alpha value is -2.06. The highest BCUT2D eigenvalue weighted by molar-refractivity contribution is 8.00. The van der Waals surface area contributed by atoms with E-state index in [1.54, 1.807) is 4.57 Å². The molecule has 0 bridgehead atoms. The van der Waals surface area contributed by atoms with Gasteiger partial charge in [0.25, 0.3) is 0 Å². The van der Waals surface area contributed by atoms with Crippen LogP contribution in [0.3, 0.4) is 0 Å². The zero-order valence-electron chi connectivity index (χ0n) is 14.1. The lowest BCUT2D eigenvalue weighted by atomic mass is 10.2. The molecular formula is C17H22N4O3S. The molecule has 2 N–H and O–H groups in total. The summed E-state index contributed by atoms with van der Waals surface area (Å²) in [4.78, 5) is 24.3. The van der Waals surface area contributed by atoms with Crippen molar-refractivity contribution in [1.29, 1.82) is 0 Å². The van der Waals surface area contributed by atoms with Gasteiger partial charge < -0.3 is 10.1 Å². The molecule has 134 valence electrons. The summed E-state index contributed by atoms with van der Waals surface area (Å²) >= 11 is 1.27. The summed E-state index contributed by atoms with van der Waals surface area (Å²) < 4.78 is 7.05. The van der Waals surface area contributed by atoms with Gasteiger partial charge in [-0.05, 0) is 25.3 Å². The van der Waals surface area contributed by atoms with Crippen LogP contribution in [0, 0.1) is 0 Å². The molecule has 25 heavy (non-hydrogen) atoms. The van der Waals surface area contributed by atoms with Crippen molar-refractivity contribution in [2.24, 2.45) is 0 Å². The minimum atomic E-state index is -0.355. The Bertz CT molecular complexity index is 753. The third-order valence-electron chi connectivity index (χ3n) is 4.09. The molecule has 1 aliphatic rings. The highest BCUT2D eigenvalue weighted by Crippen LogP contribution is 2.21. The number of H-pyrrole nitrogens is 1. The van der Waals surface area contributed by atoms with E-state index in [0.29, 0.717) is 18.2 Å². The lowest BCUT2D eigenvalue weighted by molar-refractivity contribution is -0.120. The Morgan fingerprint density at radius 3 is 3.00 bits per heavy atom. The van der Waals surface area contributed by atoms with Crippen LogP contribution in [-0.4, -0.2) is 45.2 Å². The summed E-state index contributed by atoms with van der Waals surface area (Å²) in [5, 5.41) is 9.58. The van der Waals surface area contributed by atoms with Crippen LogP contribution in [0.2, 0.25) is 0 Å². The van der Waals surface area contributed by atoms with Crippen LogP contribution in [0.25, 0.3) is 0 Å². The van der Waals surface area contributed by atoms with E-state index in [0.717, 1.165) is 25.0 Å². The Kier molecular flexibility index (Phi) is 5.93. The molecule has 8 heteroatoms. The maximum atomic E-state index is 12.3. The SMILES string of the molecule is C[C@H](Sc1n[nH]c(=O)n1Cc1ccccc1)C(=O)NC[C@H]1CCCO1. The lowest BCUT2D eigenvalue weighted by Crippen LogP contribution is -2.36. The van der Waals surface area contributed by atoms with Crippen LogP contribution in [0.4, 0.5) is 0 Å². The van der Waals surface area contributed by atoms with E-state index >= 15 is 0 Å². The highest BCUT2D eigenvalue weighted by Gasteiger charge is 2.21. The van der Waals surface area contributed by atoms with Crippen molar-refractivity contribution in [1.82, 2.24) is 20.1 Å². The number of rotatable bonds is 7. The predicted octanol–water partition coefficient (Wildman–Crippen LogP) is 1.40. The summed E-state index contributed by atoms with van der Waals surface area (Å²) in [7, 11) is 0. The number of aromatic nitrogens is 3. The molecule has 1 fully saturated rings. The van der Waals surface area contributed by atoms with Crippen molar-refractivity contribution in [3.8, 4) is 0 Å². The van der Waals surface area contributed by atoms with Crippen LogP contribution in [0.5, 0.6) is 0 Å². The van der Waals surface area contributed by atoms with Crippen LogP contribution in [-0.2, 0) is 16.1 Å². The molecule has 0 radical (unpaired) electrons. The number of nitrogens with zero attached hydrogens (tertiary/aromatic N) is 2. The van der Waals surface area contributed by atoms with Crippen molar-refractivity contribution in [2.45, 2.75) is 42.8 Å². The van der Waals surface area contributed by atoms with E-state index in [1.165, 1.54) is 11.8 Å². The van der Waals surface area contributed by atoms with Crippen LogP contribution >= 0.6 is 11.8 Å². The van der Waals surface area contributed by atoms with E-state index in [-0.39, 0.29) is 23.0 Å². The van der Waals surface area contributed by atoms with Gasteiger partial charge in [0.05, 0.1) is 17.9 Å². The number of benzene rings is 1. The van der Waals surface area contributed by atoms with Crippen molar-refractivity contribution in [2.75, 3.05) is 13.2 Å². The summed E-state index contributed by atoms with van der Waals surface area (Å²) in [6.07, 6.45) is 2.14. The predicted molar refractivity (Wildman–Crippen MR) is 95.7 cm³/mol. The first-order valence-electron chi connectivity index (χ1n) is 8.38. The Morgan fingerprint density at radius 1 is 1.48 bits per heavy atom. The smallest absolute Gasteiger partial charge is 0.344 e. The second-order valence-electron chi connectivity index (χ2n) is 6.02. The fourth-order valence-electron chi connectivity index (χ4n) is 2.67. The quantitative estimate of drug-likeness (QED) is 0.727. The lowest BCUT2D eigenvalue weighted by Gasteiger charge is -2.14. The zero-order chi connectivity index (χ0) is 17.6. The van der Waals surface area contributed by atoms with Crippen LogP contribution < -0.4 is 11.0 Å². The van der Waals surface area contributed by atoms with Gasteiger partial charge in [0.2, 0.25) is 5.91 Å². The maximum Gasteiger partial charge on any atom is 0.344 e. The van der Waals surface area contributed by atoms with E-state index in [2.05, 4.69) is 15.5 Å². The summed E-state index contributed by atoms with van der Waals surface area (Å²) in [6, 6.07) is 9.68. The highest BCUT2D eigenvalue weighted by atomic mass is 32.2. The number of amides is 1. The molecule has 7 nitrogen and oxygen atoms in total. The van der Waals surface area contributed by atoms with E-state index in [4.69, 9.17) is 4.74 Å². The second-order valence-corrected chi connectivity index (χ2v) is 7.33. The molecular weight excluding hydrogens is 340 g/mol. The third kappa shape index (κ3) is 4.73. The monoisotopic (exact) mass is 362 g/mol. The summed E-state index contributed by atoms with van der Waals surface area (Å²) in [5.74, 6) is -0.0813. The van der Waals surface area contributed by atoms with Gasteiger partial charge in [-0.15, -0.1) is 5.10 Å². The van der Waals surface area contributed by atoms with Gasteiger partial charge in [0.1, 0.15) is 0 Å². The minimum Gasteiger partial charge on any atom is -0.376 e. The van der Waals surface area contributed by atoms with Gasteiger partial charge in [-0.1, -0.05) is 42.1 Å². The first kappa shape index (κ1) is 17.8. The number of carbonyl (C=O) groups is 1. The minimum absolute atomic E-state index is 0.0813. The normalized spacial score (nSPS) is 18.2. The summed E-state index contributed by atoms with van der Waals surface area (Å²) in [5.41, 5.74) is 0.724. The number of carbonyl (C=O) groups excluding carboxylic acids is 1. The number of ether oxygens (including phenoxy) is 1. The summed E-state index contributed by atoms with van der Waals surface area (Å²) in [6.45, 7) is 3.52. The molecule has 3 rings (SSSR count). The number of hydrogen-bond donors (Lipinski definition) is 2. The standard InChI is InChI=1S/C17H22N4O3S/c1-12(15(22)18-10-14-8-5-9-24-14)25-17-20-19-16(23)21(17)11-13-6-3-2-4-7-13/h2-4,6-7,12,14H,5,8-11H2,1H3,(H,18,22)(H,19,23)/t12-,14+/m0/s1. The second kappa shape index (κ2) is 8.35. The molecule has 1 amide bonds. The number of aromatic amines is 1. The Morgan fingerprint density at radius 2 is 2.28 bits per heavy atom. The first-order chi connectivity index (χ1) is 12.1. The average Bonchev–Trinajstić information content (AvgIpc) is 3.26. The zero-order valence-corrected chi connectivity index (χ0v) is 14.9. The molecule has 0 unspecified atom stereocenters. The molecule has 0 saturated carbocycles. The van der Waals surface area contributed by atoms with Crippen molar-refractivity contribution < 1.29 is 9.53 Å². The fraction of sp³-hybridized carbons (Fsp3) is 0.471. The molecule has 1 aliphatic heterocycles. The molecule has 1 aromatic heterocycles. The number of hydrogen-bond acceptors (Lipinski definition) is 5. The molecule has 2 heterocycles. The molecule has 0 aliphatic carbocycles.